The number of hydrogen-bond donors (Lipinski definition) is 3. The lowest BCUT2D eigenvalue weighted by atomic mass is 10.1. The highest BCUT2D eigenvalue weighted by atomic mass is 127. The highest BCUT2D eigenvalue weighted by molar-refractivity contribution is 14.0. The van der Waals surface area contributed by atoms with Crippen molar-refractivity contribution in [1.29, 1.82) is 0 Å². The van der Waals surface area contributed by atoms with E-state index in [1.165, 1.54) is 0 Å². The molecule has 2 aromatic carbocycles. The van der Waals surface area contributed by atoms with Crippen LogP contribution < -0.4 is 15.8 Å². The molecule has 4 N–H and O–H groups in total. The Bertz CT molecular complexity index is 713. The summed E-state index contributed by atoms with van der Waals surface area (Å²) in [5, 5.41) is 14.0. The molecule has 2 rings (SSSR count). The summed E-state index contributed by atoms with van der Waals surface area (Å²) in [6.07, 6.45) is -0.830. The molecule has 130 valence electrons. The van der Waals surface area contributed by atoms with Crippen LogP contribution in [0.1, 0.15) is 11.7 Å². The topological polar surface area (TPSA) is 79.9 Å². The first kappa shape index (κ1) is 20.8. The Hall–Kier alpha value is -1.22. The Morgan fingerprint density at radius 3 is 2.58 bits per heavy atom. The number of aliphatic hydroxyl groups is 1. The van der Waals surface area contributed by atoms with Gasteiger partial charge in [0.2, 0.25) is 0 Å². The minimum Gasteiger partial charge on any atom is -0.495 e. The maximum absolute atomic E-state index is 10.1. The quantitative estimate of drug-likeness (QED) is 0.341. The van der Waals surface area contributed by atoms with Gasteiger partial charge < -0.3 is 20.9 Å². The molecule has 0 heterocycles. The number of anilines is 1. The number of halogens is 3. The normalized spacial score (nSPS) is 12.2. The van der Waals surface area contributed by atoms with Crippen LogP contribution in [0.2, 0.25) is 10.0 Å². The molecule has 24 heavy (non-hydrogen) atoms. The minimum atomic E-state index is -0.830. The molecule has 0 bridgehead atoms. The van der Waals surface area contributed by atoms with Crippen LogP contribution in [0.3, 0.4) is 0 Å². The predicted octanol–water partition coefficient (Wildman–Crippen LogP) is 4.08. The van der Waals surface area contributed by atoms with Gasteiger partial charge in [0.1, 0.15) is 11.9 Å². The van der Waals surface area contributed by atoms with Gasteiger partial charge in [0.15, 0.2) is 5.96 Å². The van der Waals surface area contributed by atoms with Crippen molar-refractivity contribution in [2.24, 2.45) is 10.7 Å². The highest BCUT2D eigenvalue weighted by Crippen LogP contribution is 2.27. The number of hydrogen-bond acceptors (Lipinski definition) is 3. The zero-order valence-corrected chi connectivity index (χ0v) is 16.7. The van der Waals surface area contributed by atoms with Gasteiger partial charge in [-0.1, -0.05) is 41.4 Å². The van der Waals surface area contributed by atoms with E-state index in [1.807, 2.05) is 0 Å². The van der Waals surface area contributed by atoms with Crippen molar-refractivity contribution in [2.45, 2.75) is 6.10 Å². The van der Waals surface area contributed by atoms with Crippen LogP contribution in [0.5, 0.6) is 5.75 Å². The van der Waals surface area contributed by atoms with Crippen LogP contribution in [0.4, 0.5) is 5.69 Å². The Balaban J connectivity index is 0.00000288. The van der Waals surface area contributed by atoms with Gasteiger partial charge in [0.25, 0.3) is 0 Å². The van der Waals surface area contributed by atoms with Crippen LogP contribution in [-0.4, -0.2) is 24.7 Å². The highest BCUT2D eigenvalue weighted by Gasteiger charge is 2.10. The van der Waals surface area contributed by atoms with Crippen molar-refractivity contribution in [3.8, 4) is 5.75 Å². The van der Waals surface area contributed by atoms with Crippen molar-refractivity contribution in [2.75, 3.05) is 19.0 Å². The Kier molecular flexibility index (Phi) is 8.61. The zero-order valence-electron chi connectivity index (χ0n) is 12.9. The van der Waals surface area contributed by atoms with Crippen LogP contribution in [0.25, 0.3) is 0 Å². The average molecular weight is 482 g/mol. The number of nitrogens with one attached hydrogen (secondary N) is 1. The molecule has 2 aromatic rings. The molecule has 5 nitrogen and oxygen atoms in total. The zero-order chi connectivity index (χ0) is 16.8. The number of aliphatic imine (C=N–C) groups is 1. The first-order valence-corrected chi connectivity index (χ1v) is 7.60. The summed E-state index contributed by atoms with van der Waals surface area (Å²) in [6.45, 7) is 0.0897. The second-order valence-electron chi connectivity index (χ2n) is 4.74. The maximum atomic E-state index is 10.1. The molecule has 1 atom stereocenters. The van der Waals surface area contributed by atoms with E-state index < -0.39 is 6.10 Å². The third-order valence-electron chi connectivity index (χ3n) is 3.12. The number of ether oxygens (including phenoxy) is 1. The van der Waals surface area contributed by atoms with Gasteiger partial charge in [-0.05, 0) is 24.3 Å². The van der Waals surface area contributed by atoms with E-state index >= 15 is 0 Å². The third-order valence-corrected chi connectivity index (χ3v) is 3.76. The predicted molar refractivity (Wildman–Crippen MR) is 110 cm³/mol. The molecule has 8 heteroatoms. The molecule has 0 aliphatic heterocycles. The van der Waals surface area contributed by atoms with Crippen molar-refractivity contribution in [1.82, 2.24) is 0 Å². The van der Waals surface area contributed by atoms with Gasteiger partial charge in [-0.3, -0.25) is 4.99 Å². The minimum absolute atomic E-state index is 0. The van der Waals surface area contributed by atoms with Crippen LogP contribution in [0.15, 0.2) is 47.5 Å². The summed E-state index contributed by atoms with van der Waals surface area (Å²) in [7, 11) is 1.54. The monoisotopic (exact) mass is 481 g/mol. The fourth-order valence-corrected chi connectivity index (χ4v) is 2.48. The van der Waals surface area contributed by atoms with E-state index in [2.05, 4.69) is 10.3 Å². The van der Waals surface area contributed by atoms with Gasteiger partial charge >= 0.3 is 0 Å². The molecule has 0 aliphatic rings. The van der Waals surface area contributed by atoms with Crippen LogP contribution >= 0.6 is 47.2 Å². The van der Waals surface area contributed by atoms with E-state index in [0.717, 1.165) is 0 Å². The standard InChI is InChI=1S/C16H17Cl2N3O2.HI/c1-23-15-7-6-10(8-13(15)18)21-16(19)20-9-14(22)11-4-2-3-5-12(11)17;/h2-8,14,22H,9H2,1H3,(H3,19,20,21);1H. The lowest BCUT2D eigenvalue weighted by molar-refractivity contribution is 0.187. The Labute approximate surface area is 167 Å². The molecular formula is C16H18Cl2IN3O2. The Morgan fingerprint density at radius 2 is 1.96 bits per heavy atom. The molecule has 0 radical (unpaired) electrons. The van der Waals surface area contributed by atoms with E-state index in [1.54, 1.807) is 49.6 Å². The number of rotatable bonds is 5. The van der Waals surface area contributed by atoms with Crippen molar-refractivity contribution < 1.29 is 9.84 Å². The van der Waals surface area contributed by atoms with Gasteiger partial charge in [0, 0.05) is 16.3 Å². The number of aliphatic hydroxyl groups excluding tert-OH is 1. The summed E-state index contributed by atoms with van der Waals surface area (Å²) in [6, 6.07) is 12.2. The SMILES string of the molecule is COc1ccc(NC(N)=NCC(O)c2ccccc2Cl)cc1Cl.I. The van der Waals surface area contributed by atoms with Crippen LogP contribution in [-0.2, 0) is 0 Å². The van der Waals surface area contributed by atoms with Crippen LogP contribution in [0, 0.1) is 0 Å². The molecule has 0 amide bonds. The molecule has 0 fully saturated rings. The molecule has 0 aliphatic carbocycles. The largest absolute Gasteiger partial charge is 0.495 e. The van der Waals surface area contributed by atoms with E-state index in [-0.39, 0.29) is 36.5 Å². The van der Waals surface area contributed by atoms with E-state index in [4.69, 9.17) is 33.7 Å². The van der Waals surface area contributed by atoms with Gasteiger partial charge in [0.05, 0.1) is 18.7 Å². The summed E-state index contributed by atoms with van der Waals surface area (Å²) in [5.74, 6) is 0.735. The number of benzene rings is 2. The lowest BCUT2D eigenvalue weighted by Gasteiger charge is -2.12. The maximum Gasteiger partial charge on any atom is 0.193 e. The van der Waals surface area contributed by atoms with Crippen molar-refractivity contribution in [3.05, 3.63) is 58.1 Å². The van der Waals surface area contributed by atoms with Crippen molar-refractivity contribution in [3.63, 3.8) is 0 Å². The fourth-order valence-electron chi connectivity index (χ4n) is 1.96. The summed E-state index contributed by atoms with van der Waals surface area (Å²) < 4.78 is 5.08. The smallest absolute Gasteiger partial charge is 0.193 e. The van der Waals surface area contributed by atoms with E-state index in [9.17, 15) is 5.11 Å². The van der Waals surface area contributed by atoms with Gasteiger partial charge in [-0.25, -0.2) is 0 Å². The number of nitrogens with two attached hydrogens (primary N) is 1. The third kappa shape index (κ3) is 5.70. The molecule has 0 saturated carbocycles. The number of methoxy groups -OCH3 is 1. The summed E-state index contributed by atoms with van der Waals surface area (Å²) in [5.41, 5.74) is 7.09. The van der Waals surface area contributed by atoms with Crippen molar-refractivity contribution >= 4 is 58.8 Å². The van der Waals surface area contributed by atoms with Gasteiger partial charge in [-0.15, -0.1) is 24.0 Å². The summed E-state index contributed by atoms with van der Waals surface area (Å²) in [4.78, 5) is 4.11. The molecule has 0 aromatic heterocycles. The van der Waals surface area contributed by atoms with E-state index in [0.29, 0.717) is 27.0 Å². The number of nitrogens with zero attached hydrogens (tertiary/aromatic N) is 1. The number of guanidine groups is 1. The van der Waals surface area contributed by atoms with Gasteiger partial charge in [-0.2, -0.15) is 0 Å². The Morgan fingerprint density at radius 1 is 1.25 bits per heavy atom. The lowest BCUT2D eigenvalue weighted by Crippen LogP contribution is -2.23. The second kappa shape index (κ2) is 9.93. The molecule has 1 unspecified atom stereocenters. The molecular weight excluding hydrogens is 464 g/mol. The second-order valence-corrected chi connectivity index (χ2v) is 5.55. The first-order chi connectivity index (χ1) is 11.0. The average Bonchev–Trinajstić information content (AvgIpc) is 2.53. The molecule has 0 saturated heterocycles. The molecule has 0 spiro atoms. The fraction of sp³-hybridized carbons (Fsp3) is 0.188. The summed E-state index contributed by atoms with van der Waals surface area (Å²) >= 11 is 12.1. The first-order valence-electron chi connectivity index (χ1n) is 6.84.